The molecular weight excluding hydrogens is 386 g/mol. The van der Waals surface area contributed by atoms with Crippen LogP contribution in [0.3, 0.4) is 0 Å². The SMILES string of the molecule is CCOc1ccc(S(=O)(=O)NC(c2ccccc2)c2ccccc2)cc1OCC. The van der Waals surface area contributed by atoms with Gasteiger partial charge >= 0.3 is 0 Å². The molecule has 0 unspecified atom stereocenters. The first-order valence-electron chi connectivity index (χ1n) is 9.57. The van der Waals surface area contributed by atoms with Gasteiger partial charge in [0.15, 0.2) is 11.5 Å². The fourth-order valence-corrected chi connectivity index (χ4v) is 4.27. The number of hydrogen-bond donors (Lipinski definition) is 1. The molecule has 29 heavy (non-hydrogen) atoms. The zero-order valence-electron chi connectivity index (χ0n) is 16.5. The summed E-state index contributed by atoms with van der Waals surface area (Å²) in [4.78, 5) is 0.126. The lowest BCUT2D eigenvalue weighted by atomic mass is 10.00. The van der Waals surface area contributed by atoms with Crippen molar-refractivity contribution < 1.29 is 17.9 Å². The second-order valence-electron chi connectivity index (χ2n) is 6.35. The van der Waals surface area contributed by atoms with Crippen LogP contribution in [0.2, 0.25) is 0 Å². The molecule has 0 radical (unpaired) electrons. The van der Waals surface area contributed by atoms with Crippen molar-refractivity contribution in [2.24, 2.45) is 0 Å². The number of nitrogens with one attached hydrogen (secondary N) is 1. The molecule has 0 aromatic heterocycles. The summed E-state index contributed by atoms with van der Waals surface area (Å²) < 4.78 is 40.4. The van der Waals surface area contributed by atoms with E-state index in [1.54, 1.807) is 6.07 Å². The van der Waals surface area contributed by atoms with E-state index >= 15 is 0 Å². The highest BCUT2D eigenvalue weighted by Crippen LogP contribution is 2.31. The minimum absolute atomic E-state index is 0.126. The summed E-state index contributed by atoms with van der Waals surface area (Å²) in [5, 5.41) is 0. The molecule has 0 aliphatic rings. The summed E-state index contributed by atoms with van der Waals surface area (Å²) in [6.07, 6.45) is 0. The highest BCUT2D eigenvalue weighted by atomic mass is 32.2. The molecule has 1 N–H and O–H groups in total. The van der Waals surface area contributed by atoms with Gasteiger partial charge in [0, 0.05) is 6.07 Å². The molecule has 0 saturated heterocycles. The van der Waals surface area contributed by atoms with Crippen molar-refractivity contribution in [3.8, 4) is 11.5 Å². The van der Waals surface area contributed by atoms with E-state index in [4.69, 9.17) is 9.47 Å². The van der Waals surface area contributed by atoms with Gasteiger partial charge in [-0.2, -0.15) is 4.72 Å². The fraction of sp³-hybridized carbons (Fsp3) is 0.217. The largest absolute Gasteiger partial charge is 0.490 e. The number of sulfonamides is 1. The Balaban J connectivity index is 1.98. The fourth-order valence-electron chi connectivity index (χ4n) is 3.04. The predicted molar refractivity (Wildman–Crippen MR) is 114 cm³/mol. The maximum absolute atomic E-state index is 13.2. The van der Waals surface area contributed by atoms with E-state index in [-0.39, 0.29) is 4.90 Å². The Hall–Kier alpha value is -2.83. The lowest BCUT2D eigenvalue weighted by Gasteiger charge is -2.20. The first kappa shape index (κ1) is 20.9. The Morgan fingerprint density at radius 1 is 0.759 bits per heavy atom. The molecule has 0 spiro atoms. The van der Waals surface area contributed by atoms with E-state index < -0.39 is 16.1 Å². The number of ether oxygens (including phenoxy) is 2. The first-order valence-corrected chi connectivity index (χ1v) is 11.0. The minimum Gasteiger partial charge on any atom is -0.490 e. The molecule has 0 atom stereocenters. The lowest BCUT2D eigenvalue weighted by molar-refractivity contribution is 0.287. The van der Waals surface area contributed by atoms with Crippen molar-refractivity contribution >= 4 is 10.0 Å². The Morgan fingerprint density at radius 2 is 1.28 bits per heavy atom. The quantitative estimate of drug-likeness (QED) is 0.561. The lowest BCUT2D eigenvalue weighted by Crippen LogP contribution is -2.29. The summed E-state index contributed by atoms with van der Waals surface area (Å²) in [6, 6.07) is 23.2. The van der Waals surface area contributed by atoms with E-state index in [0.717, 1.165) is 11.1 Å². The van der Waals surface area contributed by atoms with Gasteiger partial charge in [0.2, 0.25) is 10.0 Å². The van der Waals surface area contributed by atoms with E-state index in [9.17, 15) is 8.42 Å². The van der Waals surface area contributed by atoms with Crippen molar-refractivity contribution in [3.63, 3.8) is 0 Å². The molecule has 5 nitrogen and oxygen atoms in total. The standard InChI is InChI=1S/C23H25NO4S/c1-3-27-21-16-15-20(17-22(21)28-4-2)29(25,26)24-23(18-11-7-5-8-12-18)19-13-9-6-10-14-19/h5-17,23-24H,3-4H2,1-2H3. The van der Waals surface area contributed by atoms with Crippen LogP contribution in [0.5, 0.6) is 11.5 Å². The predicted octanol–water partition coefficient (Wildman–Crippen LogP) is 4.55. The molecular formula is C23H25NO4S. The van der Waals surface area contributed by atoms with Crippen LogP contribution in [0.4, 0.5) is 0 Å². The summed E-state index contributed by atoms with van der Waals surface area (Å²) in [6.45, 7) is 4.59. The van der Waals surface area contributed by atoms with Crippen molar-refractivity contribution in [1.29, 1.82) is 0 Å². The van der Waals surface area contributed by atoms with Gasteiger partial charge in [-0.3, -0.25) is 0 Å². The molecule has 0 aliphatic carbocycles. The third-order valence-electron chi connectivity index (χ3n) is 4.36. The van der Waals surface area contributed by atoms with Crippen molar-refractivity contribution in [2.75, 3.05) is 13.2 Å². The maximum atomic E-state index is 13.2. The highest BCUT2D eigenvalue weighted by molar-refractivity contribution is 7.89. The van der Waals surface area contributed by atoms with Gasteiger partial charge in [0.25, 0.3) is 0 Å². The second kappa shape index (κ2) is 9.58. The van der Waals surface area contributed by atoms with Gasteiger partial charge in [-0.1, -0.05) is 60.7 Å². The van der Waals surface area contributed by atoms with Crippen LogP contribution in [0, 0.1) is 0 Å². The molecule has 0 fully saturated rings. The third kappa shape index (κ3) is 5.16. The topological polar surface area (TPSA) is 64.6 Å². The normalized spacial score (nSPS) is 11.4. The monoisotopic (exact) mass is 411 g/mol. The van der Waals surface area contributed by atoms with Crippen LogP contribution >= 0.6 is 0 Å². The molecule has 0 heterocycles. The second-order valence-corrected chi connectivity index (χ2v) is 8.06. The molecule has 152 valence electrons. The van der Waals surface area contributed by atoms with Crippen LogP contribution in [0.25, 0.3) is 0 Å². The number of rotatable bonds is 9. The van der Waals surface area contributed by atoms with Crippen LogP contribution in [-0.4, -0.2) is 21.6 Å². The molecule has 3 aromatic rings. The Bertz CT molecular complexity index is 982. The number of benzene rings is 3. The van der Waals surface area contributed by atoms with Crippen LogP contribution in [0.1, 0.15) is 31.0 Å². The van der Waals surface area contributed by atoms with Gasteiger partial charge in [-0.15, -0.1) is 0 Å². The Labute approximate surface area is 172 Å². The summed E-state index contributed by atoms with van der Waals surface area (Å²) >= 11 is 0. The average molecular weight is 412 g/mol. The first-order chi connectivity index (χ1) is 14.0. The third-order valence-corrected chi connectivity index (χ3v) is 5.78. The summed E-state index contributed by atoms with van der Waals surface area (Å²) in [5.41, 5.74) is 1.72. The maximum Gasteiger partial charge on any atom is 0.241 e. The Kier molecular flexibility index (Phi) is 6.90. The van der Waals surface area contributed by atoms with Crippen LogP contribution in [-0.2, 0) is 10.0 Å². The zero-order chi connectivity index (χ0) is 20.7. The summed E-state index contributed by atoms with van der Waals surface area (Å²) in [5.74, 6) is 0.934. The van der Waals surface area contributed by atoms with Gasteiger partial charge < -0.3 is 9.47 Å². The van der Waals surface area contributed by atoms with Crippen LogP contribution in [0.15, 0.2) is 83.8 Å². The van der Waals surface area contributed by atoms with Crippen molar-refractivity contribution in [1.82, 2.24) is 4.72 Å². The highest BCUT2D eigenvalue weighted by Gasteiger charge is 2.24. The molecule has 3 rings (SSSR count). The summed E-state index contributed by atoms with van der Waals surface area (Å²) in [7, 11) is -3.81. The van der Waals surface area contributed by atoms with Crippen molar-refractivity contribution in [3.05, 3.63) is 90.0 Å². The minimum atomic E-state index is -3.81. The molecule has 3 aromatic carbocycles. The zero-order valence-corrected chi connectivity index (χ0v) is 17.4. The van der Waals surface area contributed by atoms with Gasteiger partial charge in [-0.25, -0.2) is 8.42 Å². The van der Waals surface area contributed by atoms with E-state index in [0.29, 0.717) is 24.7 Å². The van der Waals surface area contributed by atoms with E-state index in [1.807, 2.05) is 74.5 Å². The van der Waals surface area contributed by atoms with Gasteiger partial charge in [-0.05, 0) is 37.1 Å². The Morgan fingerprint density at radius 3 is 1.79 bits per heavy atom. The molecule has 6 heteroatoms. The molecule has 0 amide bonds. The number of hydrogen-bond acceptors (Lipinski definition) is 4. The smallest absolute Gasteiger partial charge is 0.241 e. The van der Waals surface area contributed by atoms with Gasteiger partial charge in [0.1, 0.15) is 0 Å². The molecule has 0 bridgehead atoms. The van der Waals surface area contributed by atoms with Crippen molar-refractivity contribution in [2.45, 2.75) is 24.8 Å². The molecule has 0 aliphatic heterocycles. The van der Waals surface area contributed by atoms with Gasteiger partial charge in [0.05, 0.1) is 24.2 Å². The van der Waals surface area contributed by atoms with E-state index in [2.05, 4.69) is 4.72 Å². The van der Waals surface area contributed by atoms with Crippen LogP contribution < -0.4 is 14.2 Å². The molecule has 0 saturated carbocycles. The average Bonchev–Trinajstić information content (AvgIpc) is 2.75. The van der Waals surface area contributed by atoms with E-state index in [1.165, 1.54) is 12.1 Å².